The summed E-state index contributed by atoms with van der Waals surface area (Å²) in [6, 6.07) is -0.737. The Balaban J connectivity index is 3.07. The summed E-state index contributed by atoms with van der Waals surface area (Å²) in [5.74, 6) is 0.279. The Kier molecular flexibility index (Phi) is 8.40. The summed E-state index contributed by atoms with van der Waals surface area (Å²) in [6.07, 6.45) is 2.30. The average molecular weight is 436 g/mol. The van der Waals surface area contributed by atoms with Crippen LogP contribution >= 0.6 is 0 Å². The van der Waals surface area contributed by atoms with Gasteiger partial charge in [0.1, 0.15) is 0 Å². The summed E-state index contributed by atoms with van der Waals surface area (Å²) in [7, 11) is 0. The number of nitrogens with zero attached hydrogens (tertiary/aromatic N) is 3. The van der Waals surface area contributed by atoms with E-state index in [-0.39, 0.29) is 34.7 Å². The van der Waals surface area contributed by atoms with Crippen LogP contribution < -0.4 is 10.6 Å². The molecule has 1 aromatic rings. The number of carbonyl (C=O) groups excluding carboxylic acids is 2. The van der Waals surface area contributed by atoms with E-state index in [1.54, 1.807) is 4.68 Å². The smallest absolute Gasteiger partial charge is 0.156 e. The molecule has 0 aliphatic heterocycles. The Morgan fingerprint density at radius 2 is 1.23 bits per heavy atom. The van der Waals surface area contributed by atoms with E-state index in [2.05, 4.69) is 20.9 Å². The van der Waals surface area contributed by atoms with E-state index in [0.717, 1.165) is 5.69 Å². The van der Waals surface area contributed by atoms with Crippen molar-refractivity contribution in [1.29, 1.82) is 0 Å². The molecule has 0 spiro atoms. The van der Waals surface area contributed by atoms with Gasteiger partial charge in [-0.3, -0.25) is 14.3 Å². The molecule has 178 valence electrons. The lowest BCUT2D eigenvalue weighted by Gasteiger charge is -2.31. The highest BCUT2D eigenvalue weighted by Crippen LogP contribution is 2.21. The molecule has 1 rings (SSSR count). The molecule has 1 heterocycles. The van der Waals surface area contributed by atoms with Crippen LogP contribution in [0.25, 0.3) is 0 Å². The van der Waals surface area contributed by atoms with E-state index in [4.69, 9.17) is 0 Å². The van der Waals surface area contributed by atoms with Crippen molar-refractivity contribution in [2.24, 2.45) is 10.8 Å². The minimum atomic E-state index is -0.465. The molecule has 0 amide bonds. The van der Waals surface area contributed by atoms with Crippen LogP contribution in [0.1, 0.15) is 88.8 Å². The SMILES string of the molecule is CC(C)(C)NC(Cc1cn(CC(NC(C)(C)C)C(=O)C(C)(C)C)nn1)C(=O)C(C)(C)C. The number of hydrogen-bond acceptors (Lipinski definition) is 6. The predicted molar refractivity (Wildman–Crippen MR) is 126 cm³/mol. The van der Waals surface area contributed by atoms with Gasteiger partial charge in [0.2, 0.25) is 0 Å². The van der Waals surface area contributed by atoms with Gasteiger partial charge < -0.3 is 10.6 Å². The molecule has 0 aromatic carbocycles. The maximum absolute atomic E-state index is 13.0. The summed E-state index contributed by atoms with van der Waals surface area (Å²) >= 11 is 0. The summed E-state index contributed by atoms with van der Waals surface area (Å²) in [6.45, 7) is 24.3. The molecule has 0 saturated heterocycles. The molecule has 2 atom stereocenters. The maximum atomic E-state index is 13.0. The van der Waals surface area contributed by atoms with Gasteiger partial charge in [-0.05, 0) is 41.5 Å². The summed E-state index contributed by atoms with van der Waals surface area (Å²) < 4.78 is 1.71. The van der Waals surface area contributed by atoms with Crippen LogP contribution in [0.4, 0.5) is 0 Å². The first-order valence-electron chi connectivity index (χ1n) is 11.2. The van der Waals surface area contributed by atoms with Crippen molar-refractivity contribution in [3.05, 3.63) is 11.9 Å². The largest absolute Gasteiger partial charge is 0.302 e. The van der Waals surface area contributed by atoms with Crippen molar-refractivity contribution in [3.63, 3.8) is 0 Å². The van der Waals surface area contributed by atoms with Gasteiger partial charge in [0.05, 0.1) is 24.3 Å². The molecule has 0 aliphatic rings. The molecule has 0 bridgehead atoms. The van der Waals surface area contributed by atoms with E-state index >= 15 is 0 Å². The quantitative estimate of drug-likeness (QED) is 0.649. The Bertz CT molecular complexity index is 692. The van der Waals surface area contributed by atoms with Gasteiger partial charge in [0, 0.05) is 34.5 Å². The Labute approximate surface area is 189 Å². The van der Waals surface area contributed by atoms with E-state index < -0.39 is 10.8 Å². The first kappa shape index (κ1) is 27.4. The van der Waals surface area contributed by atoms with Gasteiger partial charge in [-0.1, -0.05) is 46.8 Å². The van der Waals surface area contributed by atoms with Crippen molar-refractivity contribution < 1.29 is 9.59 Å². The minimum Gasteiger partial charge on any atom is -0.302 e. The summed E-state index contributed by atoms with van der Waals surface area (Å²) in [5, 5.41) is 15.4. The Hall–Kier alpha value is -1.60. The second-order valence-corrected chi connectivity index (χ2v) is 12.8. The van der Waals surface area contributed by atoms with Gasteiger partial charge in [0.15, 0.2) is 11.6 Å². The number of Topliss-reactive ketones (excluding diaryl/α,β-unsaturated/α-hetero) is 2. The van der Waals surface area contributed by atoms with Crippen LogP contribution in [0.3, 0.4) is 0 Å². The highest BCUT2D eigenvalue weighted by molar-refractivity contribution is 5.89. The average Bonchev–Trinajstić information content (AvgIpc) is 2.94. The highest BCUT2D eigenvalue weighted by Gasteiger charge is 2.34. The number of hydrogen-bond donors (Lipinski definition) is 2. The van der Waals surface area contributed by atoms with Crippen LogP contribution in [0.2, 0.25) is 0 Å². The van der Waals surface area contributed by atoms with E-state index in [1.807, 2.05) is 89.3 Å². The molecular formula is C24H45N5O2. The van der Waals surface area contributed by atoms with Crippen LogP contribution in [-0.4, -0.2) is 49.7 Å². The molecule has 0 fully saturated rings. The lowest BCUT2D eigenvalue weighted by Crippen LogP contribution is -2.52. The van der Waals surface area contributed by atoms with Gasteiger partial charge in [-0.25, -0.2) is 0 Å². The zero-order valence-electron chi connectivity index (χ0n) is 21.8. The first-order valence-corrected chi connectivity index (χ1v) is 11.2. The Morgan fingerprint density at radius 3 is 1.65 bits per heavy atom. The normalized spacial score (nSPS) is 15.6. The molecule has 1 aromatic heterocycles. The van der Waals surface area contributed by atoms with E-state index in [0.29, 0.717) is 13.0 Å². The molecule has 7 heteroatoms. The standard InChI is InChI=1S/C24H45N5O2/c1-21(2,3)19(30)17(25-23(7,8)9)13-16-14-29(28-27-16)15-18(26-24(10,11)12)20(31)22(4,5)6/h14,17-18,25-26H,13,15H2,1-12H3. The molecule has 0 radical (unpaired) electrons. The van der Waals surface area contributed by atoms with Crippen LogP contribution in [-0.2, 0) is 22.6 Å². The van der Waals surface area contributed by atoms with E-state index in [1.165, 1.54) is 0 Å². The maximum Gasteiger partial charge on any atom is 0.156 e. The van der Waals surface area contributed by atoms with Gasteiger partial charge in [-0.15, -0.1) is 5.10 Å². The summed E-state index contributed by atoms with van der Waals surface area (Å²) in [5.41, 5.74) is -0.609. The zero-order chi connectivity index (χ0) is 24.4. The second-order valence-electron chi connectivity index (χ2n) is 12.8. The lowest BCUT2D eigenvalue weighted by atomic mass is 9.84. The fourth-order valence-corrected chi connectivity index (χ4v) is 3.41. The first-order chi connectivity index (χ1) is 13.7. The summed E-state index contributed by atoms with van der Waals surface area (Å²) in [4.78, 5) is 26.0. The molecule has 2 N–H and O–H groups in total. The number of carbonyl (C=O) groups is 2. The van der Waals surface area contributed by atoms with Crippen LogP contribution in [0, 0.1) is 10.8 Å². The van der Waals surface area contributed by atoms with Crippen molar-refractivity contribution in [3.8, 4) is 0 Å². The molecule has 31 heavy (non-hydrogen) atoms. The van der Waals surface area contributed by atoms with Crippen LogP contribution in [0.5, 0.6) is 0 Å². The third kappa shape index (κ3) is 9.60. The number of rotatable bonds is 8. The predicted octanol–water partition coefficient (Wildman–Crippen LogP) is 3.56. The fraction of sp³-hybridized carbons (Fsp3) is 0.833. The third-order valence-corrected chi connectivity index (χ3v) is 4.69. The second kappa shape index (κ2) is 9.49. The monoisotopic (exact) mass is 435 g/mol. The molecule has 2 unspecified atom stereocenters. The molecular weight excluding hydrogens is 390 g/mol. The zero-order valence-corrected chi connectivity index (χ0v) is 21.8. The van der Waals surface area contributed by atoms with Gasteiger partial charge >= 0.3 is 0 Å². The fourth-order valence-electron chi connectivity index (χ4n) is 3.41. The number of nitrogens with one attached hydrogen (secondary N) is 2. The van der Waals surface area contributed by atoms with Gasteiger partial charge in [-0.2, -0.15) is 0 Å². The number of aromatic nitrogens is 3. The Morgan fingerprint density at radius 1 is 0.806 bits per heavy atom. The van der Waals surface area contributed by atoms with Crippen molar-refractivity contribution in [2.45, 2.75) is 119 Å². The molecule has 0 aliphatic carbocycles. The molecule has 7 nitrogen and oxygen atoms in total. The van der Waals surface area contributed by atoms with Gasteiger partial charge in [0.25, 0.3) is 0 Å². The third-order valence-electron chi connectivity index (χ3n) is 4.69. The van der Waals surface area contributed by atoms with Crippen molar-refractivity contribution in [2.75, 3.05) is 0 Å². The molecule has 0 saturated carbocycles. The topological polar surface area (TPSA) is 88.9 Å². The minimum absolute atomic E-state index is 0.134. The van der Waals surface area contributed by atoms with Crippen molar-refractivity contribution >= 4 is 11.6 Å². The lowest BCUT2D eigenvalue weighted by molar-refractivity contribution is -0.129. The van der Waals surface area contributed by atoms with Crippen LogP contribution in [0.15, 0.2) is 6.20 Å². The highest BCUT2D eigenvalue weighted by atomic mass is 16.1. The van der Waals surface area contributed by atoms with E-state index in [9.17, 15) is 9.59 Å². The number of ketones is 2. The van der Waals surface area contributed by atoms with Crippen molar-refractivity contribution in [1.82, 2.24) is 25.6 Å².